The van der Waals surface area contributed by atoms with Crippen LogP contribution in [0.5, 0.6) is 0 Å². The van der Waals surface area contributed by atoms with E-state index in [1.165, 1.54) is 0 Å². The Morgan fingerprint density at radius 2 is 2.20 bits per heavy atom. The highest BCUT2D eigenvalue weighted by atomic mass is 16.2. The second kappa shape index (κ2) is 3.33. The molecule has 0 aliphatic heterocycles. The van der Waals surface area contributed by atoms with Crippen LogP contribution in [0.2, 0.25) is 0 Å². The number of hydrogen-bond acceptors (Lipinski definition) is 2. The van der Waals surface area contributed by atoms with Gasteiger partial charge in [-0.25, -0.2) is 4.98 Å². The monoisotopic (exact) mass is 204 g/mol. The third-order valence-corrected chi connectivity index (χ3v) is 2.99. The van der Waals surface area contributed by atoms with E-state index in [-0.39, 0.29) is 17.2 Å². The summed E-state index contributed by atoms with van der Waals surface area (Å²) in [7, 11) is 0. The zero-order valence-electron chi connectivity index (χ0n) is 9.37. The molecule has 15 heavy (non-hydrogen) atoms. The Balaban J connectivity index is 1.98. The van der Waals surface area contributed by atoms with Gasteiger partial charge in [0.2, 0.25) is 5.91 Å². The van der Waals surface area contributed by atoms with Crippen molar-refractivity contribution < 1.29 is 4.79 Å². The van der Waals surface area contributed by atoms with Gasteiger partial charge in [-0.15, -0.1) is 0 Å². The Labute approximate surface area is 89.9 Å². The van der Waals surface area contributed by atoms with E-state index in [1.54, 1.807) is 6.20 Å². The SMILES string of the molecule is Cc1ccc(NC(=O)C2CC2(C)C)nc1. The molecular weight excluding hydrogens is 188 g/mol. The molecule has 3 heteroatoms. The van der Waals surface area contributed by atoms with Gasteiger partial charge in [0.05, 0.1) is 0 Å². The molecule has 1 heterocycles. The maximum Gasteiger partial charge on any atom is 0.229 e. The summed E-state index contributed by atoms with van der Waals surface area (Å²) in [6, 6.07) is 3.78. The fraction of sp³-hybridized carbons (Fsp3) is 0.500. The van der Waals surface area contributed by atoms with Gasteiger partial charge in [0.25, 0.3) is 0 Å². The molecule has 0 saturated heterocycles. The van der Waals surface area contributed by atoms with Gasteiger partial charge in [-0.2, -0.15) is 0 Å². The Hall–Kier alpha value is -1.38. The maximum atomic E-state index is 11.7. The standard InChI is InChI=1S/C12H16N2O/c1-8-4-5-10(13-7-8)14-11(15)9-6-12(9,2)3/h4-5,7,9H,6H2,1-3H3,(H,13,14,15). The average molecular weight is 204 g/mol. The summed E-state index contributed by atoms with van der Waals surface area (Å²) < 4.78 is 0. The molecule has 1 aliphatic rings. The van der Waals surface area contributed by atoms with Gasteiger partial charge in [-0.05, 0) is 30.4 Å². The van der Waals surface area contributed by atoms with Gasteiger partial charge < -0.3 is 5.32 Å². The molecule has 1 aromatic heterocycles. The smallest absolute Gasteiger partial charge is 0.229 e. The van der Waals surface area contributed by atoms with Crippen molar-refractivity contribution in [1.29, 1.82) is 0 Å². The van der Waals surface area contributed by atoms with Crippen molar-refractivity contribution in [2.24, 2.45) is 11.3 Å². The van der Waals surface area contributed by atoms with E-state index in [4.69, 9.17) is 0 Å². The molecule has 3 nitrogen and oxygen atoms in total. The van der Waals surface area contributed by atoms with Crippen molar-refractivity contribution in [2.75, 3.05) is 5.32 Å². The van der Waals surface area contributed by atoms with Crippen LogP contribution in [0.1, 0.15) is 25.8 Å². The predicted octanol–water partition coefficient (Wildman–Crippen LogP) is 2.37. The number of aromatic nitrogens is 1. The van der Waals surface area contributed by atoms with Crippen molar-refractivity contribution in [3.63, 3.8) is 0 Å². The van der Waals surface area contributed by atoms with Crippen LogP contribution in [0.25, 0.3) is 0 Å². The van der Waals surface area contributed by atoms with Gasteiger partial charge in [0.1, 0.15) is 5.82 Å². The number of nitrogens with one attached hydrogen (secondary N) is 1. The maximum absolute atomic E-state index is 11.7. The highest BCUT2D eigenvalue weighted by Gasteiger charge is 2.50. The largest absolute Gasteiger partial charge is 0.310 e. The van der Waals surface area contributed by atoms with Gasteiger partial charge in [-0.3, -0.25) is 4.79 Å². The Kier molecular flexibility index (Phi) is 2.25. The number of rotatable bonds is 2. The Morgan fingerprint density at radius 3 is 2.67 bits per heavy atom. The number of carbonyl (C=O) groups is 1. The Bertz CT molecular complexity index is 381. The highest BCUT2D eigenvalue weighted by Crippen LogP contribution is 2.51. The van der Waals surface area contributed by atoms with E-state index in [2.05, 4.69) is 24.1 Å². The van der Waals surface area contributed by atoms with E-state index in [0.717, 1.165) is 12.0 Å². The summed E-state index contributed by atoms with van der Waals surface area (Å²) in [5.74, 6) is 0.894. The van der Waals surface area contributed by atoms with Gasteiger partial charge in [0.15, 0.2) is 0 Å². The highest BCUT2D eigenvalue weighted by molar-refractivity contribution is 5.94. The molecule has 0 spiro atoms. The van der Waals surface area contributed by atoms with Crippen LogP contribution in [-0.2, 0) is 4.79 Å². The van der Waals surface area contributed by atoms with Crippen LogP contribution in [0.4, 0.5) is 5.82 Å². The van der Waals surface area contributed by atoms with Crippen molar-refractivity contribution in [1.82, 2.24) is 4.98 Å². The zero-order valence-corrected chi connectivity index (χ0v) is 9.37. The number of carbonyl (C=O) groups excluding carboxylic acids is 1. The first-order chi connectivity index (χ1) is 6.99. The number of pyridine rings is 1. The molecule has 0 aromatic carbocycles. The van der Waals surface area contributed by atoms with Crippen molar-refractivity contribution in [2.45, 2.75) is 27.2 Å². The summed E-state index contributed by atoms with van der Waals surface area (Å²) in [6.45, 7) is 6.20. The van der Waals surface area contributed by atoms with Gasteiger partial charge in [0, 0.05) is 12.1 Å². The molecule has 1 fully saturated rings. The topological polar surface area (TPSA) is 42.0 Å². The van der Waals surface area contributed by atoms with Crippen molar-refractivity contribution in [3.05, 3.63) is 23.9 Å². The minimum atomic E-state index is 0.0938. The molecule has 80 valence electrons. The number of nitrogens with zero attached hydrogens (tertiary/aromatic N) is 1. The minimum Gasteiger partial charge on any atom is -0.310 e. The first kappa shape index (κ1) is 10.1. The molecule has 1 atom stereocenters. The van der Waals surface area contributed by atoms with Crippen LogP contribution in [0.3, 0.4) is 0 Å². The third kappa shape index (κ3) is 2.17. The summed E-state index contributed by atoms with van der Waals surface area (Å²) in [6.07, 6.45) is 2.73. The lowest BCUT2D eigenvalue weighted by Gasteiger charge is -2.05. The van der Waals surface area contributed by atoms with Crippen LogP contribution >= 0.6 is 0 Å². The number of hydrogen-bond donors (Lipinski definition) is 1. The van der Waals surface area contributed by atoms with E-state index in [1.807, 2.05) is 19.1 Å². The van der Waals surface area contributed by atoms with Crippen molar-refractivity contribution >= 4 is 11.7 Å². The second-order valence-corrected chi connectivity index (χ2v) is 4.96. The average Bonchev–Trinajstić information content (AvgIpc) is 2.79. The van der Waals surface area contributed by atoms with Gasteiger partial charge >= 0.3 is 0 Å². The number of amides is 1. The molecule has 1 N–H and O–H groups in total. The molecule has 1 aromatic rings. The lowest BCUT2D eigenvalue weighted by atomic mass is 10.1. The molecule has 0 bridgehead atoms. The van der Waals surface area contributed by atoms with E-state index in [9.17, 15) is 4.79 Å². The number of anilines is 1. The van der Waals surface area contributed by atoms with E-state index < -0.39 is 0 Å². The molecular formula is C12H16N2O. The predicted molar refractivity (Wildman–Crippen MR) is 59.5 cm³/mol. The second-order valence-electron chi connectivity index (χ2n) is 4.96. The first-order valence-electron chi connectivity index (χ1n) is 5.22. The normalized spacial score (nSPS) is 22.2. The fourth-order valence-corrected chi connectivity index (χ4v) is 1.67. The lowest BCUT2D eigenvalue weighted by Crippen LogP contribution is -2.17. The van der Waals surface area contributed by atoms with Crippen LogP contribution in [0, 0.1) is 18.3 Å². The van der Waals surface area contributed by atoms with E-state index >= 15 is 0 Å². The molecule has 2 rings (SSSR count). The molecule has 1 unspecified atom stereocenters. The van der Waals surface area contributed by atoms with Gasteiger partial charge in [-0.1, -0.05) is 19.9 Å². The summed E-state index contributed by atoms with van der Waals surface area (Å²) >= 11 is 0. The summed E-state index contributed by atoms with van der Waals surface area (Å²) in [5, 5.41) is 2.84. The summed E-state index contributed by atoms with van der Waals surface area (Å²) in [4.78, 5) is 15.9. The van der Waals surface area contributed by atoms with Crippen LogP contribution in [-0.4, -0.2) is 10.9 Å². The van der Waals surface area contributed by atoms with Crippen molar-refractivity contribution in [3.8, 4) is 0 Å². The fourth-order valence-electron chi connectivity index (χ4n) is 1.67. The van der Waals surface area contributed by atoms with E-state index in [0.29, 0.717) is 5.82 Å². The molecule has 1 amide bonds. The molecule has 1 aliphatic carbocycles. The van der Waals surface area contributed by atoms with Crippen LogP contribution < -0.4 is 5.32 Å². The summed E-state index contributed by atoms with van der Waals surface area (Å²) in [5.41, 5.74) is 1.27. The van der Waals surface area contributed by atoms with Crippen LogP contribution in [0.15, 0.2) is 18.3 Å². The minimum absolute atomic E-state index is 0.0938. The zero-order chi connectivity index (χ0) is 11.1. The quantitative estimate of drug-likeness (QED) is 0.803. The Morgan fingerprint density at radius 1 is 1.53 bits per heavy atom. The number of aryl methyl sites for hydroxylation is 1. The molecule has 1 saturated carbocycles. The lowest BCUT2D eigenvalue weighted by molar-refractivity contribution is -0.118. The first-order valence-corrected chi connectivity index (χ1v) is 5.22. The third-order valence-electron chi connectivity index (χ3n) is 2.99. The molecule has 0 radical (unpaired) electrons.